The number of rotatable bonds is 5. The highest BCUT2D eigenvalue weighted by molar-refractivity contribution is 5.48. The lowest BCUT2D eigenvalue weighted by atomic mass is 10.0. The number of methoxy groups -OCH3 is 1. The van der Waals surface area contributed by atoms with Gasteiger partial charge in [-0.05, 0) is 24.1 Å². The minimum atomic E-state index is 0.0719. The molecule has 0 aliphatic rings. The van der Waals surface area contributed by atoms with E-state index in [1.54, 1.807) is 7.11 Å². The molecule has 76 valence electrons. The number of hydrogen-bond donors (Lipinski definition) is 1. The minimum Gasteiger partial charge on any atom is -0.497 e. The smallest absolute Gasteiger partial charge is 0.207 e. The fourth-order valence-electron chi connectivity index (χ4n) is 1.39. The monoisotopic (exact) mass is 193 g/mol. The molecule has 0 saturated carbocycles. The van der Waals surface area contributed by atoms with Crippen molar-refractivity contribution in [2.24, 2.45) is 0 Å². The van der Waals surface area contributed by atoms with Gasteiger partial charge in [0.15, 0.2) is 0 Å². The van der Waals surface area contributed by atoms with Gasteiger partial charge in [-0.1, -0.05) is 19.1 Å². The van der Waals surface area contributed by atoms with Gasteiger partial charge in [-0.3, -0.25) is 4.79 Å². The number of nitrogens with one attached hydrogen (secondary N) is 1. The molecule has 1 N–H and O–H groups in total. The third-order valence-corrected chi connectivity index (χ3v) is 2.17. The molecule has 0 aromatic heterocycles. The van der Waals surface area contributed by atoms with Gasteiger partial charge in [0.05, 0.1) is 13.2 Å². The molecule has 1 atom stereocenters. The third-order valence-electron chi connectivity index (χ3n) is 2.17. The Hall–Kier alpha value is -1.51. The van der Waals surface area contributed by atoms with Gasteiger partial charge in [-0.25, -0.2) is 0 Å². The third kappa shape index (κ3) is 2.49. The van der Waals surface area contributed by atoms with E-state index in [2.05, 4.69) is 5.32 Å². The van der Waals surface area contributed by atoms with E-state index in [1.165, 1.54) is 0 Å². The Balaban J connectivity index is 2.85. The van der Waals surface area contributed by atoms with E-state index in [-0.39, 0.29) is 6.04 Å². The van der Waals surface area contributed by atoms with E-state index in [4.69, 9.17) is 4.74 Å². The topological polar surface area (TPSA) is 38.3 Å². The van der Waals surface area contributed by atoms with Crippen LogP contribution in [0.15, 0.2) is 24.3 Å². The van der Waals surface area contributed by atoms with Gasteiger partial charge in [0.1, 0.15) is 5.75 Å². The molecule has 0 aliphatic heterocycles. The molecule has 3 heteroatoms. The van der Waals surface area contributed by atoms with Crippen molar-refractivity contribution in [2.75, 3.05) is 7.11 Å². The molecule has 0 spiro atoms. The largest absolute Gasteiger partial charge is 0.497 e. The molecule has 1 aromatic rings. The summed E-state index contributed by atoms with van der Waals surface area (Å²) in [6.07, 6.45) is 1.60. The summed E-state index contributed by atoms with van der Waals surface area (Å²) >= 11 is 0. The maximum absolute atomic E-state index is 10.4. The molecule has 0 fully saturated rings. The number of ether oxygens (including phenoxy) is 1. The number of hydrogen-bond acceptors (Lipinski definition) is 2. The molecular weight excluding hydrogens is 178 g/mol. The summed E-state index contributed by atoms with van der Waals surface area (Å²) in [4.78, 5) is 10.4. The zero-order valence-corrected chi connectivity index (χ0v) is 8.49. The molecule has 1 rings (SSSR count). The zero-order chi connectivity index (χ0) is 10.4. The molecule has 0 heterocycles. The number of amides is 1. The van der Waals surface area contributed by atoms with Gasteiger partial charge >= 0.3 is 0 Å². The van der Waals surface area contributed by atoms with Crippen LogP contribution in [0.2, 0.25) is 0 Å². The van der Waals surface area contributed by atoms with Crippen LogP contribution in [-0.2, 0) is 4.79 Å². The van der Waals surface area contributed by atoms with Crippen LogP contribution in [0.5, 0.6) is 5.75 Å². The fourth-order valence-corrected chi connectivity index (χ4v) is 1.39. The lowest BCUT2D eigenvalue weighted by Gasteiger charge is -2.14. The van der Waals surface area contributed by atoms with Crippen molar-refractivity contribution in [2.45, 2.75) is 19.4 Å². The summed E-state index contributed by atoms with van der Waals surface area (Å²) in [6, 6.07) is 7.79. The average molecular weight is 193 g/mol. The summed E-state index contributed by atoms with van der Waals surface area (Å²) in [6.45, 7) is 2.03. The van der Waals surface area contributed by atoms with Crippen LogP contribution in [0.1, 0.15) is 24.9 Å². The van der Waals surface area contributed by atoms with Crippen molar-refractivity contribution in [1.82, 2.24) is 5.32 Å². The Kier molecular flexibility index (Phi) is 3.98. The number of carbonyl (C=O) groups excluding carboxylic acids is 1. The predicted octanol–water partition coefficient (Wildman–Crippen LogP) is 1.89. The predicted molar refractivity (Wildman–Crippen MR) is 55.2 cm³/mol. The number of carbonyl (C=O) groups is 1. The van der Waals surface area contributed by atoms with Gasteiger partial charge < -0.3 is 10.1 Å². The maximum atomic E-state index is 10.4. The van der Waals surface area contributed by atoms with Crippen LogP contribution >= 0.6 is 0 Å². The van der Waals surface area contributed by atoms with Gasteiger partial charge in [0, 0.05) is 0 Å². The molecule has 14 heavy (non-hydrogen) atoms. The molecule has 3 nitrogen and oxygen atoms in total. The molecular formula is C11H15NO2. The maximum Gasteiger partial charge on any atom is 0.207 e. The van der Waals surface area contributed by atoms with Crippen LogP contribution in [0, 0.1) is 0 Å². The van der Waals surface area contributed by atoms with Crippen molar-refractivity contribution in [3.8, 4) is 5.75 Å². The molecule has 0 saturated heterocycles. The molecule has 0 bridgehead atoms. The molecule has 1 unspecified atom stereocenters. The lowest BCUT2D eigenvalue weighted by Crippen LogP contribution is -2.18. The molecule has 0 aliphatic carbocycles. The Morgan fingerprint density at radius 3 is 2.93 bits per heavy atom. The quantitative estimate of drug-likeness (QED) is 0.725. The van der Waals surface area contributed by atoms with E-state index in [0.717, 1.165) is 24.1 Å². The van der Waals surface area contributed by atoms with E-state index < -0.39 is 0 Å². The van der Waals surface area contributed by atoms with Crippen LogP contribution < -0.4 is 10.1 Å². The lowest BCUT2D eigenvalue weighted by molar-refractivity contribution is -0.110. The summed E-state index contributed by atoms with van der Waals surface area (Å²) in [5.41, 5.74) is 1.07. The van der Waals surface area contributed by atoms with Gasteiger partial charge in [-0.2, -0.15) is 0 Å². The first-order valence-corrected chi connectivity index (χ1v) is 4.65. The average Bonchev–Trinajstić information content (AvgIpc) is 2.26. The standard InChI is InChI=1S/C11H15NO2/c1-3-11(12-8-13)9-5-4-6-10(7-9)14-2/h4-8,11H,3H2,1-2H3,(H,12,13). The number of benzene rings is 1. The van der Waals surface area contributed by atoms with Crippen molar-refractivity contribution in [3.63, 3.8) is 0 Å². The first-order chi connectivity index (χ1) is 6.81. The summed E-state index contributed by atoms with van der Waals surface area (Å²) in [7, 11) is 1.63. The first kappa shape index (κ1) is 10.6. The Bertz CT molecular complexity index is 299. The highest BCUT2D eigenvalue weighted by atomic mass is 16.5. The summed E-state index contributed by atoms with van der Waals surface area (Å²) < 4.78 is 5.11. The molecule has 1 aromatic carbocycles. The zero-order valence-electron chi connectivity index (χ0n) is 8.49. The second-order valence-electron chi connectivity index (χ2n) is 3.02. The Morgan fingerprint density at radius 1 is 1.57 bits per heavy atom. The van der Waals surface area contributed by atoms with E-state index in [1.807, 2.05) is 31.2 Å². The SMILES string of the molecule is CCC(NC=O)c1cccc(OC)c1. The first-order valence-electron chi connectivity index (χ1n) is 4.65. The van der Waals surface area contributed by atoms with Crippen LogP contribution in [0.4, 0.5) is 0 Å². The minimum absolute atomic E-state index is 0.0719. The van der Waals surface area contributed by atoms with Crippen molar-refractivity contribution >= 4 is 6.41 Å². The highest BCUT2D eigenvalue weighted by Crippen LogP contribution is 2.20. The van der Waals surface area contributed by atoms with Gasteiger partial charge in [0.25, 0.3) is 0 Å². The van der Waals surface area contributed by atoms with Crippen molar-refractivity contribution in [3.05, 3.63) is 29.8 Å². The van der Waals surface area contributed by atoms with Crippen LogP contribution in [-0.4, -0.2) is 13.5 Å². The van der Waals surface area contributed by atoms with E-state index in [9.17, 15) is 4.79 Å². The molecule has 0 radical (unpaired) electrons. The summed E-state index contributed by atoms with van der Waals surface area (Å²) in [5.74, 6) is 0.814. The Morgan fingerprint density at radius 2 is 2.36 bits per heavy atom. The summed E-state index contributed by atoms with van der Waals surface area (Å²) in [5, 5.41) is 2.76. The van der Waals surface area contributed by atoms with Crippen LogP contribution in [0.25, 0.3) is 0 Å². The second kappa shape index (κ2) is 5.27. The van der Waals surface area contributed by atoms with Gasteiger partial charge in [-0.15, -0.1) is 0 Å². The van der Waals surface area contributed by atoms with Crippen LogP contribution in [0.3, 0.4) is 0 Å². The van der Waals surface area contributed by atoms with Crippen molar-refractivity contribution < 1.29 is 9.53 Å². The van der Waals surface area contributed by atoms with E-state index >= 15 is 0 Å². The normalized spacial score (nSPS) is 11.9. The fraction of sp³-hybridized carbons (Fsp3) is 0.364. The van der Waals surface area contributed by atoms with E-state index in [0.29, 0.717) is 0 Å². The second-order valence-corrected chi connectivity index (χ2v) is 3.02. The Labute approximate surface area is 84.1 Å². The molecule has 1 amide bonds. The highest BCUT2D eigenvalue weighted by Gasteiger charge is 2.07. The van der Waals surface area contributed by atoms with Gasteiger partial charge in [0.2, 0.25) is 6.41 Å². The van der Waals surface area contributed by atoms with Crippen molar-refractivity contribution in [1.29, 1.82) is 0 Å².